The lowest BCUT2D eigenvalue weighted by Gasteiger charge is -2.17. The van der Waals surface area contributed by atoms with Crippen LogP contribution in [0, 0.1) is 0 Å². The van der Waals surface area contributed by atoms with Gasteiger partial charge in [-0.25, -0.2) is 0 Å². The number of ether oxygens (including phenoxy) is 3. The van der Waals surface area contributed by atoms with Crippen LogP contribution in [-0.4, -0.2) is 17.8 Å². The molecule has 2 aromatic carbocycles. The van der Waals surface area contributed by atoms with Crippen LogP contribution < -0.4 is 19.8 Å². The van der Waals surface area contributed by atoms with Crippen molar-refractivity contribution in [1.29, 1.82) is 0 Å². The predicted molar refractivity (Wildman–Crippen MR) is 148 cm³/mol. The van der Waals surface area contributed by atoms with Crippen molar-refractivity contribution in [3.8, 4) is 17.2 Å². The van der Waals surface area contributed by atoms with Crippen LogP contribution >= 0.6 is 0 Å². The molecule has 36 heavy (non-hydrogen) atoms. The maximum atomic E-state index is 13.4. The van der Waals surface area contributed by atoms with Gasteiger partial charge >= 0.3 is 0 Å². The van der Waals surface area contributed by atoms with Gasteiger partial charge in [-0.1, -0.05) is 60.9 Å². The van der Waals surface area contributed by atoms with E-state index in [0.717, 1.165) is 47.9 Å². The van der Waals surface area contributed by atoms with Gasteiger partial charge in [0, 0.05) is 18.5 Å². The summed E-state index contributed by atoms with van der Waals surface area (Å²) in [6, 6.07) is 15.7. The first-order chi connectivity index (χ1) is 17.4. The predicted octanol–water partition coefficient (Wildman–Crippen LogP) is 7.37. The zero-order valence-electron chi connectivity index (χ0n) is 22.3. The quantitative estimate of drug-likeness (QED) is 0.186. The molecule has 0 radical (unpaired) electrons. The van der Waals surface area contributed by atoms with Gasteiger partial charge in [0.2, 0.25) is 5.75 Å². The Bertz CT molecular complexity index is 1250. The molecule has 3 aromatic rings. The number of hydrogen-bond acceptors (Lipinski definition) is 4. The van der Waals surface area contributed by atoms with E-state index < -0.39 is 0 Å². The van der Waals surface area contributed by atoms with Crippen LogP contribution in [-0.2, 0) is 13.7 Å². The van der Waals surface area contributed by atoms with E-state index in [1.54, 1.807) is 11.6 Å². The Morgan fingerprint density at radius 3 is 2.44 bits per heavy atom. The minimum atomic E-state index is -0.230. The van der Waals surface area contributed by atoms with Crippen molar-refractivity contribution in [2.75, 3.05) is 13.2 Å². The Labute approximate surface area is 215 Å². The van der Waals surface area contributed by atoms with Gasteiger partial charge in [0.25, 0.3) is 5.56 Å². The number of aromatic nitrogens is 1. The maximum absolute atomic E-state index is 13.4. The molecule has 0 N–H and O–H groups in total. The monoisotopic (exact) mass is 489 g/mol. The Kier molecular flexibility index (Phi) is 10.2. The van der Waals surface area contributed by atoms with Gasteiger partial charge in [-0.05, 0) is 63.8 Å². The van der Waals surface area contributed by atoms with Crippen LogP contribution in [0.5, 0.6) is 17.2 Å². The molecular formula is C31H39NO4. The number of fused-ring (bicyclic) bond motifs is 1. The first kappa shape index (κ1) is 27.1. The third-order valence-electron chi connectivity index (χ3n) is 6.02. The van der Waals surface area contributed by atoms with Crippen molar-refractivity contribution in [3.63, 3.8) is 0 Å². The number of nitrogens with zero attached hydrogens (tertiary/aromatic N) is 1. The minimum absolute atomic E-state index is 0.230. The Morgan fingerprint density at radius 2 is 1.72 bits per heavy atom. The molecule has 0 aliphatic heterocycles. The highest BCUT2D eigenvalue weighted by atomic mass is 16.5. The Hall–Kier alpha value is -3.47. The number of allylic oxidation sites excluding steroid dienone is 3. The number of rotatable bonds is 13. The molecule has 0 fully saturated rings. The number of benzene rings is 2. The van der Waals surface area contributed by atoms with Crippen LogP contribution in [0.2, 0.25) is 0 Å². The van der Waals surface area contributed by atoms with E-state index in [-0.39, 0.29) is 11.3 Å². The fraction of sp³-hybridized carbons (Fsp3) is 0.387. The van der Waals surface area contributed by atoms with Crippen molar-refractivity contribution in [1.82, 2.24) is 4.57 Å². The molecule has 1 aromatic heterocycles. The van der Waals surface area contributed by atoms with Crippen LogP contribution in [0.25, 0.3) is 10.9 Å². The Morgan fingerprint density at radius 1 is 0.944 bits per heavy atom. The average molecular weight is 490 g/mol. The molecular weight excluding hydrogens is 450 g/mol. The molecule has 0 unspecified atom stereocenters. The normalized spacial score (nSPS) is 11.4. The lowest BCUT2D eigenvalue weighted by atomic mass is 10.1. The first-order valence-electron chi connectivity index (χ1n) is 12.8. The topological polar surface area (TPSA) is 49.7 Å². The van der Waals surface area contributed by atoms with Crippen molar-refractivity contribution in [3.05, 3.63) is 87.7 Å². The summed E-state index contributed by atoms with van der Waals surface area (Å²) in [6.45, 7) is 9.73. The lowest BCUT2D eigenvalue weighted by molar-refractivity contribution is 0.275. The molecule has 0 saturated carbocycles. The highest BCUT2D eigenvalue weighted by Crippen LogP contribution is 2.35. The zero-order valence-corrected chi connectivity index (χ0v) is 22.3. The van der Waals surface area contributed by atoms with Crippen LogP contribution in [0.4, 0.5) is 0 Å². The standard InChI is InChI=1S/C31H39NO4/c1-6-7-19-34-26-16-17-27-28(21-26)32(5)31(33)30(29(27)36-22-25-14-9-8-10-15-25)35-20-18-24(4)13-11-12-23(2)3/h8-10,12,14-18,21H,6-7,11,13,19-20,22H2,1-5H3/b24-18+. The van der Waals surface area contributed by atoms with Gasteiger partial charge in [-0.15, -0.1) is 0 Å². The second-order valence-electron chi connectivity index (χ2n) is 9.36. The molecule has 0 saturated heterocycles. The highest BCUT2D eigenvalue weighted by molar-refractivity contribution is 5.89. The fourth-order valence-corrected chi connectivity index (χ4v) is 3.84. The van der Waals surface area contributed by atoms with Gasteiger partial charge in [-0.2, -0.15) is 0 Å². The van der Waals surface area contributed by atoms with E-state index in [0.29, 0.717) is 25.6 Å². The van der Waals surface area contributed by atoms with Gasteiger partial charge in [-0.3, -0.25) is 4.79 Å². The summed E-state index contributed by atoms with van der Waals surface area (Å²) < 4.78 is 19.8. The van der Waals surface area contributed by atoms with Crippen LogP contribution in [0.3, 0.4) is 0 Å². The van der Waals surface area contributed by atoms with Crippen LogP contribution in [0.15, 0.2) is 76.6 Å². The summed E-state index contributed by atoms with van der Waals surface area (Å²) >= 11 is 0. The van der Waals surface area contributed by atoms with Crippen molar-refractivity contribution in [2.45, 2.75) is 60.0 Å². The first-order valence-corrected chi connectivity index (χ1v) is 12.8. The largest absolute Gasteiger partial charge is 0.494 e. The van der Waals surface area contributed by atoms with Crippen molar-refractivity contribution < 1.29 is 14.2 Å². The summed E-state index contributed by atoms with van der Waals surface area (Å²) in [4.78, 5) is 13.4. The summed E-state index contributed by atoms with van der Waals surface area (Å²) in [5.41, 5.74) is 4.08. The van der Waals surface area contributed by atoms with E-state index >= 15 is 0 Å². The average Bonchev–Trinajstić information content (AvgIpc) is 2.87. The van der Waals surface area contributed by atoms with E-state index in [4.69, 9.17) is 14.2 Å². The minimum Gasteiger partial charge on any atom is -0.494 e. The highest BCUT2D eigenvalue weighted by Gasteiger charge is 2.19. The van der Waals surface area contributed by atoms with E-state index in [1.165, 1.54) is 11.1 Å². The van der Waals surface area contributed by atoms with Gasteiger partial charge in [0.05, 0.1) is 12.1 Å². The van der Waals surface area contributed by atoms with E-state index in [1.807, 2.05) is 54.6 Å². The number of unbranched alkanes of at least 4 members (excludes halogenated alkanes) is 1. The van der Waals surface area contributed by atoms with Crippen molar-refractivity contribution >= 4 is 10.9 Å². The molecule has 5 heteroatoms. The zero-order chi connectivity index (χ0) is 25.9. The second kappa shape index (κ2) is 13.6. The molecule has 0 spiro atoms. The molecule has 5 nitrogen and oxygen atoms in total. The Balaban J connectivity index is 1.92. The molecule has 3 rings (SSSR count). The number of aryl methyl sites for hydroxylation is 1. The molecule has 1 heterocycles. The van der Waals surface area contributed by atoms with Gasteiger partial charge in [0.15, 0.2) is 5.75 Å². The molecule has 0 amide bonds. The maximum Gasteiger partial charge on any atom is 0.297 e. The summed E-state index contributed by atoms with van der Waals surface area (Å²) in [5, 5.41) is 0.815. The molecule has 0 aliphatic rings. The van der Waals surface area contributed by atoms with Crippen LogP contribution in [0.1, 0.15) is 58.9 Å². The van der Waals surface area contributed by atoms with Gasteiger partial charge < -0.3 is 18.8 Å². The smallest absolute Gasteiger partial charge is 0.297 e. The third-order valence-corrected chi connectivity index (χ3v) is 6.02. The lowest BCUT2D eigenvalue weighted by Crippen LogP contribution is -2.21. The SMILES string of the molecule is CCCCOc1ccc2c(OCc3ccccc3)c(OC/C=C(\C)CCC=C(C)C)c(=O)n(C)c2c1. The molecule has 0 bridgehead atoms. The number of hydrogen-bond donors (Lipinski definition) is 0. The third kappa shape index (κ3) is 7.51. The van der Waals surface area contributed by atoms with Gasteiger partial charge in [0.1, 0.15) is 19.0 Å². The van der Waals surface area contributed by atoms with Crippen molar-refractivity contribution in [2.24, 2.45) is 7.05 Å². The fourth-order valence-electron chi connectivity index (χ4n) is 3.84. The second-order valence-corrected chi connectivity index (χ2v) is 9.36. The molecule has 0 atom stereocenters. The summed E-state index contributed by atoms with van der Waals surface area (Å²) in [6.07, 6.45) is 8.27. The summed E-state index contributed by atoms with van der Waals surface area (Å²) in [5.74, 6) is 1.44. The number of pyridine rings is 1. The van der Waals surface area contributed by atoms with E-state index in [9.17, 15) is 4.79 Å². The molecule has 0 aliphatic carbocycles. The molecule has 192 valence electrons. The van der Waals surface area contributed by atoms with E-state index in [2.05, 4.69) is 33.8 Å². The summed E-state index contributed by atoms with van der Waals surface area (Å²) in [7, 11) is 1.76.